The zero-order chi connectivity index (χ0) is 16.4. The number of ether oxygens (including phenoxy) is 1. The van der Waals surface area contributed by atoms with Crippen molar-refractivity contribution in [3.05, 3.63) is 34.3 Å². The van der Waals surface area contributed by atoms with Crippen molar-refractivity contribution in [2.24, 2.45) is 5.73 Å². The molecule has 0 aliphatic rings. The van der Waals surface area contributed by atoms with E-state index < -0.39 is 40.3 Å². The summed E-state index contributed by atoms with van der Waals surface area (Å²) in [5.74, 6) is -6.13. The summed E-state index contributed by atoms with van der Waals surface area (Å²) in [6.07, 6.45) is -4.83. The molecule has 0 spiro atoms. The predicted octanol–water partition coefficient (Wildman–Crippen LogP) is 3.98. The maximum Gasteiger partial charge on any atom is 0.417 e. The van der Waals surface area contributed by atoms with Crippen molar-refractivity contribution in [1.82, 2.24) is 0 Å². The molecule has 0 aliphatic carbocycles. The van der Waals surface area contributed by atoms with Gasteiger partial charge in [-0.05, 0) is 18.6 Å². The average molecular weight is 368 g/mol. The number of alkyl halides is 5. The van der Waals surface area contributed by atoms with E-state index in [4.69, 9.17) is 17.3 Å². The molecule has 0 saturated heterocycles. The fourth-order valence-electron chi connectivity index (χ4n) is 1.56. The molecule has 0 unspecified atom stereocenters. The van der Waals surface area contributed by atoms with Crippen LogP contribution in [0.2, 0.25) is 5.02 Å². The van der Waals surface area contributed by atoms with Crippen LogP contribution in [0.3, 0.4) is 0 Å². The van der Waals surface area contributed by atoms with Gasteiger partial charge < -0.3 is 10.5 Å². The first-order valence-electron chi connectivity index (χ1n) is 5.69. The van der Waals surface area contributed by atoms with Crippen LogP contribution in [0.5, 0.6) is 0 Å². The third-order valence-corrected chi connectivity index (χ3v) is 3.03. The van der Waals surface area contributed by atoms with Gasteiger partial charge in [-0.25, -0.2) is 4.79 Å². The summed E-state index contributed by atoms with van der Waals surface area (Å²) in [5.41, 5.74) is 3.22. The summed E-state index contributed by atoms with van der Waals surface area (Å²) in [4.78, 5) is 11.2. The minimum atomic E-state index is -4.83. The maximum absolute atomic E-state index is 13.8. The van der Waals surface area contributed by atoms with Crippen molar-refractivity contribution >= 4 is 30.0 Å². The first-order valence-corrected chi connectivity index (χ1v) is 6.07. The highest BCUT2D eigenvalue weighted by Crippen LogP contribution is 2.40. The van der Waals surface area contributed by atoms with Crippen LogP contribution in [-0.2, 0) is 15.7 Å². The lowest BCUT2D eigenvalue weighted by atomic mass is 9.99. The summed E-state index contributed by atoms with van der Waals surface area (Å²) in [5, 5.41) is -0.971. The van der Waals surface area contributed by atoms with Crippen molar-refractivity contribution in [3.63, 3.8) is 0 Å². The Bertz CT molecular complexity index is 537. The van der Waals surface area contributed by atoms with E-state index in [2.05, 4.69) is 4.74 Å². The smallest absolute Gasteiger partial charge is 0.417 e. The van der Waals surface area contributed by atoms with E-state index in [1.807, 2.05) is 0 Å². The van der Waals surface area contributed by atoms with Gasteiger partial charge in [0.15, 0.2) is 0 Å². The fourth-order valence-corrected chi connectivity index (χ4v) is 1.91. The molecule has 0 saturated carbocycles. The second-order valence-corrected chi connectivity index (χ2v) is 4.41. The topological polar surface area (TPSA) is 52.3 Å². The molecule has 0 heterocycles. The van der Waals surface area contributed by atoms with Crippen LogP contribution in [-0.4, -0.2) is 18.5 Å². The minimum absolute atomic E-state index is 0. The predicted molar refractivity (Wildman–Crippen MR) is 72.2 cm³/mol. The maximum atomic E-state index is 13.8. The first kappa shape index (κ1) is 20.9. The quantitative estimate of drug-likeness (QED) is 0.646. The van der Waals surface area contributed by atoms with E-state index in [0.29, 0.717) is 6.07 Å². The van der Waals surface area contributed by atoms with E-state index >= 15 is 0 Å². The van der Waals surface area contributed by atoms with Crippen LogP contribution >= 0.6 is 24.0 Å². The number of rotatable bonds is 4. The van der Waals surface area contributed by atoms with Gasteiger partial charge in [-0.3, -0.25) is 0 Å². The van der Waals surface area contributed by atoms with Crippen molar-refractivity contribution in [1.29, 1.82) is 0 Å². The van der Waals surface area contributed by atoms with Gasteiger partial charge in [0.1, 0.15) is 6.04 Å². The number of halogens is 7. The molecule has 22 heavy (non-hydrogen) atoms. The van der Waals surface area contributed by atoms with Crippen molar-refractivity contribution in [2.75, 3.05) is 6.61 Å². The Balaban J connectivity index is 0.00000441. The van der Waals surface area contributed by atoms with Crippen LogP contribution in [0.4, 0.5) is 22.0 Å². The van der Waals surface area contributed by atoms with Crippen LogP contribution in [0, 0.1) is 0 Å². The molecule has 1 atom stereocenters. The van der Waals surface area contributed by atoms with Gasteiger partial charge in [0.25, 0.3) is 0 Å². The number of benzene rings is 1. The summed E-state index contributed by atoms with van der Waals surface area (Å²) < 4.78 is 69.6. The van der Waals surface area contributed by atoms with Gasteiger partial charge in [-0.15, -0.1) is 12.4 Å². The molecule has 1 rings (SSSR count). The molecule has 0 fully saturated rings. The Morgan fingerprint density at radius 1 is 1.32 bits per heavy atom. The molecule has 126 valence electrons. The number of carbonyl (C=O) groups is 1. The summed E-state index contributed by atoms with van der Waals surface area (Å²) in [7, 11) is 0. The van der Waals surface area contributed by atoms with Gasteiger partial charge in [0.2, 0.25) is 0 Å². The monoisotopic (exact) mass is 367 g/mol. The largest absolute Gasteiger partial charge is 0.462 e. The molecule has 0 radical (unpaired) electrons. The molecule has 1 aromatic carbocycles. The summed E-state index contributed by atoms with van der Waals surface area (Å²) in [6, 6.07) is 0.0491. The molecule has 0 amide bonds. The van der Waals surface area contributed by atoms with Gasteiger partial charge in [0, 0.05) is 0 Å². The lowest BCUT2D eigenvalue weighted by Gasteiger charge is -2.23. The van der Waals surface area contributed by atoms with Crippen molar-refractivity contribution < 1.29 is 31.5 Å². The zero-order valence-corrected chi connectivity index (χ0v) is 12.7. The number of hydrogen-bond acceptors (Lipinski definition) is 3. The Hall–Kier alpha value is -1.12. The first-order chi connectivity index (χ1) is 9.53. The number of nitrogens with two attached hydrogens (primary N) is 1. The molecule has 10 heteroatoms. The lowest BCUT2D eigenvalue weighted by Crippen LogP contribution is -2.42. The van der Waals surface area contributed by atoms with Gasteiger partial charge in [-0.2, -0.15) is 22.0 Å². The highest BCUT2D eigenvalue weighted by Gasteiger charge is 2.49. The number of carbonyl (C=O) groups excluding carboxylic acids is 1. The van der Waals surface area contributed by atoms with Crippen molar-refractivity contribution in [3.8, 4) is 0 Å². The van der Waals surface area contributed by atoms with Crippen LogP contribution < -0.4 is 5.73 Å². The highest BCUT2D eigenvalue weighted by molar-refractivity contribution is 6.32. The van der Waals surface area contributed by atoms with E-state index in [9.17, 15) is 26.7 Å². The Labute approximate surface area is 134 Å². The zero-order valence-electron chi connectivity index (χ0n) is 11.1. The Kier molecular flexibility index (Phi) is 7.05. The van der Waals surface area contributed by atoms with Gasteiger partial charge >= 0.3 is 18.1 Å². The normalized spacial score (nSPS) is 13.3. The second-order valence-electron chi connectivity index (χ2n) is 4.03. The standard InChI is InChI=1S/C12H11ClF5NO2.ClH/c1-2-21-10(20)11(14,15)9(19)6-4-3-5-7(8(6)13)12(16,17)18;/h3-5,9H,2,19H2,1H3;1H/t9-;/m1./s1. The molecule has 0 aromatic heterocycles. The van der Waals surface area contributed by atoms with E-state index in [0.717, 1.165) is 12.1 Å². The van der Waals surface area contributed by atoms with E-state index in [1.54, 1.807) is 0 Å². The Morgan fingerprint density at radius 2 is 1.86 bits per heavy atom. The third kappa shape index (κ3) is 4.21. The van der Waals surface area contributed by atoms with Gasteiger partial charge in [0.05, 0.1) is 17.2 Å². The van der Waals surface area contributed by atoms with Crippen LogP contribution in [0.25, 0.3) is 0 Å². The lowest BCUT2D eigenvalue weighted by molar-refractivity contribution is -0.174. The van der Waals surface area contributed by atoms with E-state index in [1.165, 1.54) is 6.92 Å². The Morgan fingerprint density at radius 3 is 2.32 bits per heavy atom. The fraction of sp³-hybridized carbons (Fsp3) is 0.417. The average Bonchev–Trinajstić information content (AvgIpc) is 2.37. The molecule has 1 aromatic rings. The molecule has 0 bridgehead atoms. The molecule has 0 aliphatic heterocycles. The van der Waals surface area contributed by atoms with Crippen molar-refractivity contribution in [2.45, 2.75) is 25.1 Å². The van der Waals surface area contributed by atoms with Gasteiger partial charge in [-0.1, -0.05) is 23.7 Å². The molecular weight excluding hydrogens is 356 g/mol. The molecule has 3 nitrogen and oxygen atoms in total. The van der Waals surface area contributed by atoms with Crippen LogP contribution in [0.1, 0.15) is 24.1 Å². The summed E-state index contributed by atoms with van der Waals surface area (Å²) in [6.45, 7) is 0.980. The SMILES string of the molecule is CCOC(=O)C(F)(F)[C@H](N)c1cccc(C(F)(F)F)c1Cl.Cl. The summed E-state index contributed by atoms with van der Waals surface area (Å²) >= 11 is 5.49. The second kappa shape index (κ2) is 7.43. The number of hydrogen-bond donors (Lipinski definition) is 1. The third-order valence-electron chi connectivity index (χ3n) is 2.61. The molecule has 2 N–H and O–H groups in total. The molecular formula is C12H12Cl2F5NO2. The number of esters is 1. The minimum Gasteiger partial charge on any atom is -0.462 e. The van der Waals surface area contributed by atoms with E-state index in [-0.39, 0.29) is 19.0 Å². The highest BCUT2D eigenvalue weighted by atomic mass is 35.5. The van der Waals surface area contributed by atoms with Crippen LogP contribution in [0.15, 0.2) is 18.2 Å².